The summed E-state index contributed by atoms with van der Waals surface area (Å²) in [5.74, 6) is 0.895. The largest absolute Gasteiger partial charge is 0.482 e. The number of allylic oxidation sites excluding steroid dienone is 1. The van der Waals surface area contributed by atoms with Crippen molar-refractivity contribution >= 4 is 5.97 Å². The average molecular weight is 455 g/mol. The van der Waals surface area contributed by atoms with Crippen LogP contribution in [0.15, 0.2) is 78.2 Å². The summed E-state index contributed by atoms with van der Waals surface area (Å²) >= 11 is 0. The quantitative estimate of drug-likeness (QED) is 0.400. The minimum atomic E-state index is -0.542. The number of ether oxygens (including phenoxy) is 3. The lowest BCUT2D eigenvalue weighted by Gasteiger charge is -2.26. The minimum absolute atomic E-state index is 0.0391. The summed E-state index contributed by atoms with van der Waals surface area (Å²) in [6.07, 6.45) is 0. The molecule has 3 aromatic rings. The molecule has 1 aliphatic rings. The molecule has 172 valence electrons. The highest BCUT2D eigenvalue weighted by Gasteiger charge is 2.31. The van der Waals surface area contributed by atoms with Crippen LogP contribution in [0.1, 0.15) is 47.9 Å². The molecule has 34 heavy (non-hydrogen) atoms. The summed E-state index contributed by atoms with van der Waals surface area (Å²) in [4.78, 5) is 12.3. The van der Waals surface area contributed by atoms with E-state index in [9.17, 15) is 10.1 Å². The zero-order valence-corrected chi connectivity index (χ0v) is 19.4. The molecule has 0 fully saturated rings. The normalized spacial score (nSPS) is 14.7. The van der Waals surface area contributed by atoms with Crippen molar-refractivity contribution in [2.24, 2.45) is 5.73 Å². The second-order valence-electron chi connectivity index (χ2n) is 8.52. The van der Waals surface area contributed by atoms with Gasteiger partial charge in [-0.05, 0) is 42.2 Å². The molecule has 6 heteroatoms. The van der Waals surface area contributed by atoms with Crippen LogP contribution < -0.4 is 19.9 Å². The van der Waals surface area contributed by atoms with Gasteiger partial charge >= 0.3 is 5.97 Å². The van der Waals surface area contributed by atoms with Gasteiger partial charge in [0.25, 0.3) is 0 Å². The first kappa shape index (κ1) is 22.9. The monoisotopic (exact) mass is 454 g/mol. The van der Waals surface area contributed by atoms with Crippen molar-refractivity contribution in [1.29, 1.82) is 5.26 Å². The number of aryl methyl sites for hydroxylation is 1. The fourth-order valence-electron chi connectivity index (χ4n) is 3.85. The van der Waals surface area contributed by atoms with Gasteiger partial charge < -0.3 is 19.9 Å². The SMILES string of the molecule is Cc1ccc(C2C(C#N)=C(N)Oc3cc(OC(=O)COc4ccc(C(C)C)cc4)ccc32)cc1. The van der Waals surface area contributed by atoms with E-state index in [1.807, 2.05) is 55.5 Å². The highest BCUT2D eigenvalue weighted by molar-refractivity contribution is 5.74. The van der Waals surface area contributed by atoms with E-state index >= 15 is 0 Å². The Balaban J connectivity index is 1.49. The first-order valence-electron chi connectivity index (χ1n) is 11.1. The second kappa shape index (κ2) is 9.72. The molecule has 0 radical (unpaired) electrons. The molecule has 0 bridgehead atoms. The Labute approximate surface area is 199 Å². The zero-order chi connectivity index (χ0) is 24.2. The maximum atomic E-state index is 12.3. The highest BCUT2D eigenvalue weighted by Crippen LogP contribution is 2.43. The van der Waals surface area contributed by atoms with E-state index in [0.717, 1.165) is 16.7 Å². The van der Waals surface area contributed by atoms with Gasteiger partial charge in [0.2, 0.25) is 5.88 Å². The number of benzene rings is 3. The predicted octanol–water partition coefficient (Wildman–Crippen LogP) is 5.32. The number of nitriles is 1. The smallest absolute Gasteiger partial charge is 0.349 e. The minimum Gasteiger partial charge on any atom is -0.482 e. The number of fused-ring (bicyclic) bond motifs is 1. The molecule has 0 aliphatic carbocycles. The maximum Gasteiger partial charge on any atom is 0.349 e. The van der Waals surface area contributed by atoms with E-state index in [2.05, 4.69) is 19.9 Å². The lowest BCUT2D eigenvalue weighted by molar-refractivity contribution is -0.136. The molecule has 0 aromatic heterocycles. The summed E-state index contributed by atoms with van der Waals surface area (Å²) < 4.78 is 16.7. The van der Waals surface area contributed by atoms with Crippen molar-refractivity contribution in [2.45, 2.75) is 32.6 Å². The van der Waals surface area contributed by atoms with Gasteiger partial charge in [-0.2, -0.15) is 5.26 Å². The number of rotatable bonds is 6. The van der Waals surface area contributed by atoms with E-state index in [1.165, 1.54) is 5.56 Å². The van der Waals surface area contributed by atoms with Gasteiger partial charge in [-0.1, -0.05) is 61.9 Å². The summed E-state index contributed by atoms with van der Waals surface area (Å²) in [7, 11) is 0. The maximum absolute atomic E-state index is 12.3. The third-order valence-corrected chi connectivity index (χ3v) is 5.74. The number of carbonyl (C=O) groups is 1. The number of nitrogens with zero attached hydrogens (tertiary/aromatic N) is 1. The fraction of sp³-hybridized carbons (Fsp3) is 0.214. The lowest BCUT2D eigenvalue weighted by atomic mass is 9.83. The van der Waals surface area contributed by atoms with Gasteiger partial charge in [-0.3, -0.25) is 0 Å². The Morgan fingerprint density at radius 2 is 1.74 bits per heavy atom. The van der Waals surface area contributed by atoms with Crippen LogP contribution in [-0.4, -0.2) is 12.6 Å². The molecule has 0 saturated carbocycles. The van der Waals surface area contributed by atoms with Gasteiger partial charge in [0.15, 0.2) is 6.61 Å². The van der Waals surface area contributed by atoms with Gasteiger partial charge in [0.05, 0.1) is 5.92 Å². The Bertz CT molecular complexity index is 1270. The lowest BCUT2D eigenvalue weighted by Crippen LogP contribution is -2.21. The molecule has 1 atom stereocenters. The summed E-state index contributed by atoms with van der Waals surface area (Å²) in [6.45, 7) is 6.00. The highest BCUT2D eigenvalue weighted by atomic mass is 16.6. The Morgan fingerprint density at radius 1 is 1.06 bits per heavy atom. The third-order valence-electron chi connectivity index (χ3n) is 5.74. The molecule has 4 rings (SSSR count). The Kier molecular flexibility index (Phi) is 6.55. The third kappa shape index (κ3) is 4.89. The van der Waals surface area contributed by atoms with Crippen molar-refractivity contribution in [3.05, 3.63) is 100 Å². The summed E-state index contributed by atoms with van der Waals surface area (Å²) in [5.41, 5.74) is 10.4. The van der Waals surface area contributed by atoms with E-state index in [1.54, 1.807) is 18.2 Å². The molecule has 2 N–H and O–H groups in total. The number of esters is 1. The van der Waals surface area contributed by atoms with Crippen LogP contribution in [0, 0.1) is 18.3 Å². The summed E-state index contributed by atoms with van der Waals surface area (Å²) in [6, 6.07) is 22.8. The number of nitrogens with two attached hydrogens (primary N) is 1. The topological polar surface area (TPSA) is 94.6 Å². The van der Waals surface area contributed by atoms with Crippen LogP contribution in [0.25, 0.3) is 0 Å². The van der Waals surface area contributed by atoms with Gasteiger partial charge in [-0.15, -0.1) is 0 Å². The molecular formula is C28H26N2O4. The van der Waals surface area contributed by atoms with Crippen molar-refractivity contribution in [1.82, 2.24) is 0 Å². The number of hydrogen-bond acceptors (Lipinski definition) is 6. The van der Waals surface area contributed by atoms with Crippen molar-refractivity contribution in [3.63, 3.8) is 0 Å². The van der Waals surface area contributed by atoms with Gasteiger partial charge in [0.1, 0.15) is 28.9 Å². The molecule has 1 aliphatic heterocycles. The number of carbonyl (C=O) groups excluding carboxylic acids is 1. The van der Waals surface area contributed by atoms with E-state index in [-0.39, 0.29) is 18.4 Å². The molecule has 0 saturated heterocycles. The Morgan fingerprint density at radius 3 is 2.38 bits per heavy atom. The van der Waals surface area contributed by atoms with E-state index in [4.69, 9.17) is 19.9 Å². The summed E-state index contributed by atoms with van der Waals surface area (Å²) in [5, 5.41) is 9.69. The van der Waals surface area contributed by atoms with E-state index in [0.29, 0.717) is 28.7 Å². The van der Waals surface area contributed by atoms with Crippen molar-refractivity contribution in [3.8, 4) is 23.3 Å². The number of hydrogen-bond donors (Lipinski definition) is 1. The van der Waals surface area contributed by atoms with Gasteiger partial charge in [0, 0.05) is 11.6 Å². The predicted molar refractivity (Wildman–Crippen MR) is 129 cm³/mol. The zero-order valence-electron chi connectivity index (χ0n) is 19.4. The van der Waals surface area contributed by atoms with Gasteiger partial charge in [-0.25, -0.2) is 4.79 Å². The van der Waals surface area contributed by atoms with Crippen LogP contribution in [0.3, 0.4) is 0 Å². The second-order valence-corrected chi connectivity index (χ2v) is 8.52. The van der Waals surface area contributed by atoms with Crippen LogP contribution >= 0.6 is 0 Å². The van der Waals surface area contributed by atoms with Crippen molar-refractivity contribution < 1.29 is 19.0 Å². The van der Waals surface area contributed by atoms with Crippen LogP contribution in [0.2, 0.25) is 0 Å². The molecule has 1 unspecified atom stereocenters. The van der Waals surface area contributed by atoms with E-state index < -0.39 is 5.97 Å². The first-order chi connectivity index (χ1) is 16.4. The van der Waals surface area contributed by atoms with Crippen molar-refractivity contribution in [2.75, 3.05) is 6.61 Å². The Hall–Kier alpha value is -4.24. The standard InChI is InChI=1S/C28H26N2O4/c1-17(2)19-8-10-21(11-9-19)32-16-26(31)33-22-12-13-23-25(14-22)34-28(30)24(15-29)27(23)20-6-4-18(3)5-7-20/h4-14,17,27H,16,30H2,1-3H3. The molecule has 1 heterocycles. The molecule has 0 spiro atoms. The average Bonchev–Trinajstić information content (AvgIpc) is 2.82. The van der Waals surface area contributed by atoms with Crippen LogP contribution in [-0.2, 0) is 4.79 Å². The van der Waals surface area contributed by atoms with Crippen LogP contribution in [0.4, 0.5) is 0 Å². The molecule has 6 nitrogen and oxygen atoms in total. The molecule has 0 amide bonds. The van der Waals surface area contributed by atoms with Crippen LogP contribution in [0.5, 0.6) is 17.2 Å². The molecular weight excluding hydrogens is 428 g/mol. The fourth-order valence-corrected chi connectivity index (χ4v) is 3.85. The molecule has 3 aromatic carbocycles. The first-order valence-corrected chi connectivity index (χ1v) is 11.1.